The summed E-state index contributed by atoms with van der Waals surface area (Å²) in [5.74, 6) is -10.4. The molecule has 0 radical (unpaired) electrons. The Morgan fingerprint density at radius 1 is 0.437 bits per heavy atom. The monoisotopic (exact) mass is 1010 g/mol. The molecule has 26 heteroatoms. The van der Waals surface area contributed by atoms with Crippen molar-refractivity contribution < 1.29 is 57.8 Å². The first kappa shape index (κ1) is 64.4. The lowest BCUT2D eigenvalue weighted by Gasteiger charge is -2.29. The van der Waals surface area contributed by atoms with Crippen LogP contribution in [-0.2, 0) is 52.7 Å². The molecule has 0 bridgehead atoms. The maximum atomic E-state index is 14.0. The number of hydrogen-bond donors (Lipinski definition) is 14. The van der Waals surface area contributed by atoms with Crippen molar-refractivity contribution in [3.05, 3.63) is 0 Å². The molecule has 9 atom stereocenters. The predicted octanol–water partition coefficient (Wildman–Crippen LogP) is -3.30. The van der Waals surface area contributed by atoms with Gasteiger partial charge in [-0.2, -0.15) is 0 Å². The van der Waals surface area contributed by atoms with E-state index in [0.29, 0.717) is 0 Å². The molecule has 0 fully saturated rings. The zero-order valence-electron chi connectivity index (χ0n) is 42.8. The highest BCUT2D eigenvalue weighted by atomic mass is 16.4. The van der Waals surface area contributed by atoms with Crippen LogP contribution in [0.5, 0.6) is 0 Å². The molecular formula is C45H82N14O12. The van der Waals surface area contributed by atoms with E-state index < -0.39 is 125 Å². The summed E-state index contributed by atoms with van der Waals surface area (Å²) in [6.45, 7) is 16.7. The second-order valence-corrected chi connectivity index (χ2v) is 19.3. The molecule has 0 heterocycles. The number of carbonyl (C=O) groups excluding carboxylic acids is 10. The maximum absolute atomic E-state index is 14.0. The van der Waals surface area contributed by atoms with Crippen molar-refractivity contribution in [3.63, 3.8) is 0 Å². The molecule has 0 aliphatic rings. The van der Waals surface area contributed by atoms with Gasteiger partial charge in [0.25, 0.3) is 0 Å². The van der Waals surface area contributed by atoms with Crippen LogP contribution < -0.4 is 71.2 Å². The standard InChI is InChI=1S/C45H82N14O12/c1-21(2)18-30(41(67)53-26(10)37(63)58-32(44(70)71)20-23(5)6)57-43(69)35(24(7)8)59-40(66)28(12-11-17-51-45(49)50)54-36(62)25(9)52-39(65)29(14-16-34(48)61)55-42(68)31(19-22(3)4)56-38(64)27(46)13-15-33(47)60/h21-32,35H,11-20,46H2,1-10H3,(H2,47,60)(H2,48,61)(H,52,65)(H,53,67)(H,54,62)(H,55,68)(H,56,64)(H,57,69)(H,58,63)(H,59,66)(H,70,71)(H4,49,50,51)/t25-,26-,27-,28-,29-,30-,31-,32-,35-/m0/s1. The second kappa shape index (κ2) is 32.3. The number of aliphatic carboxylic acids is 1. The van der Waals surface area contributed by atoms with Gasteiger partial charge in [-0.05, 0) is 82.5 Å². The average molecular weight is 1010 g/mol. The smallest absolute Gasteiger partial charge is 0.326 e. The third-order valence-corrected chi connectivity index (χ3v) is 10.7. The number of hydrogen-bond acceptors (Lipinski definition) is 13. The molecule has 0 aromatic heterocycles. The van der Waals surface area contributed by atoms with E-state index in [1.165, 1.54) is 13.8 Å². The fourth-order valence-corrected chi connectivity index (χ4v) is 6.81. The van der Waals surface area contributed by atoms with Crippen molar-refractivity contribution in [2.75, 3.05) is 6.54 Å². The topological polar surface area (TPSA) is 447 Å². The predicted molar refractivity (Wildman–Crippen MR) is 262 cm³/mol. The van der Waals surface area contributed by atoms with E-state index in [2.05, 4.69) is 47.5 Å². The van der Waals surface area contributed by atoms with Crippen molar-refractivity contribution in [3.8, 4) is 0 Å². The Hall–Kier alpha value is -6.60. The number of guanidine groups is 1. The van der Waals surface area contributed by atoms with Gasteiger partial charge in [-0.1, -0.05) is 55.4 Å². The summed E-state index contributed by atoms with van der Waals surface area (Å²) < 4.78 is 0. The molecule has 71 heavy (non-hydrogen) atoms. The average Bonchev–Trinajstić information content (AvgIpc) is 3.24. The molecule has 404 valence electrons. The fraction of sp³-hybridized carbons (Fsp3) is 0.733. The second-order valence-electron chi connectivity index (χ2n) is 19.3. The molecule has 0 aliphatic carbocycles. The van der Waals surface area contributed by atoms with Gasteiger partial charge in [-0.3, -0.25) is 52.9 Å². The van der Waals surface area contributed by atoms with E-state index in [9.17, 15) is 57.8 Å². The van der Waals surface area contributed by atoms with Gasteiger partial charge in [-0.25, -0.2) is 4.79 Å². The Kier molecular flexibility index (Phi) is 29.3. The Morgan fingerprint density at radius 2 is 0.803 bits per heavy atom. The zero-order chi connectivity index (χ0) is 54.9. The van der Waals surface area contributed by atoms with Gasteiger partial charge < -0.3 is 76.3 Å². The van der Waals surface area contributed by atoms with E-state index in [1.54, 1.807) is 55.4 Å². The highest BCUT2D eigenvalue weighted by Gasteiger charge is 2.35. The number of carbonyl (C=O) groups is 11. The highest BCUT2D eigenvalue weighted by molar-refractivity contribution is 5.98. The van der Waals surface area contributed by atoms with Crippen molar-refractivity contribution >= 4 is 71.0 Å². The molecule has 0 saturated carbocycles. The molecular weight excluding hydrogens is 929 g/mol. The van der Waals surface area contributed by atoms with Gasteiger partial charge in [0, 0.05) is 19.4 Å². The molecule has 0 aliphatic heterocycles. The molecule has 0 rings (SSSR count). The number of carboxylic acids is 1. The Balaban J connectivity index is 6.39. The number of primary amides is 2. The molecule has 0 aromatic carbocycles. The molecule has 10 amide bonds. The lowest BCUT2D eigenvalue weighted by Crippen LogP contribution is -2.60. The van der Waals surface area contributed by atoms with Crippen LogP contribution in [0.4, 0.5) is 0 Å². The van der Waals surface area contributed by atoms with Crippen molar-refractivity contribution in [1.82, 2.24) is 42.5 Å². The normalized spacial score (nSPS) is 15.0. The largest absolute Gasteiger partial charge is 0.480 e. The minimum absolute atomic E-state index is 0.0400. The van der Waals surface area contributed by atoms with Gasteiger partial charge in [0.15, 0.2) is 5.96 Å². The van der Waals surface area contributed by atoms with E-state index in [-0.39, 0.29) is 88.0 Å². The van der Waals surface area contributed by atoms with Gasteiger partial charge in [0.2, 0.25) is 59.1 Å². The third kappa shape index (κ3) is 26.8. The van der Waals surface area contributed by atoms with Gasteiger partial charge in [0.05, 0.1) is 6.04 Å². The zero-order valence-corrected chi connectivity index (χ0v) is 42.8. The van der Waals surface area contributed by atoms with Crippen LogP contribution in [0.1, 0.15) is 127 Å². The summed E-state index contributed by atoms with van der Waals surface area (Å²) in [5, 5.41) is 29.9. The Morgan fingerprint density at radius 3 is 1.24 bits per heavy atom. The van der Waals surface area contributed by atoms with Crippen LogP contribution in [0, 0.1) is 23.7 Å². The minimum atomic E-state index is -1.45. The van der Waals surface area contributed by atoms with Crippen molar-refractivity contribution in [2.24, 2.45) is 57.3 Å². The molecule has 26 nitrogen and oxygen atoms in total. The summed E-state index contributed by atoms with van der Waals surface area (Å²) in [6, 6.07) is -11.4. The van der Waals surface area contributed by atoms with E-state index in [0.717, 1.165) is 0 Å². The summed E-state index contributed by atoms with van der Waals surface area (Å²) in [6.07, 6.45) is -0.518. The summed E-state index contributed by atoms with van der Waals surface area (Å²) in [7, 11) is 0. The lowest BCUT2D eigenvalue weighted by atomic mass is 9.99. The van der Waals surface area contributed by atoms with Gasteiger partial charge in [-0.15, -0.1) is 0 Å². The van der Waals surface area contributed by atoms with Crippen LogP contribution in [0.15, 0.2) is 4.99 Å². The van der Waals surface area contributed by atoms with Crippen LogP contribution >= 0.6 is 0 Å². The number of aliphatic imine (C=N–C) groups is 1. The number of rotatable bonds is 34. The quantitative estimate of drug-likeness (QED) is 0.0171. The van der Waals surface area contributed by atoms with Crippen molar-refractivity contribution in [2.45, 2.75) is 181 Å². The van der Waals surface area contributed by atoms with E-state index >= 15 is 0 Å². The third-order valence-electron chi connectivity index (χ3n) is 10.7. The van der Waals surface area contributed by atoms with Crippen LogP contribution in [0.2, 0.25) is 0 Å². The van der Waals surface area contributed by atoms with E-state index in [1.807, 2.05) is 0 Å². The molecule has 0 unspecified atom stereocenters. The molecule has 0 aromatic rings. The Labute approximate surface area is 415 Å². The first-order valence-electron chi connectivity index (χ1n) is 23.9. The maximum Gasteiger partial charge on any atom is 0.326 e. The van der Waals surface area contributed by atoms with Crippen molar-refractivity contribution in [1.29, 1.82) is 0 Å². The SMILES string of the molecule is CC(C)C[C@H](NC(=O)[C@H](C)NC(=O)[C@H](CC(C)C)NC(=O)[C@@H](NC(=O)[C@H](CCCN=C(N)N)NC(=O)[C@H](C)NC(=O)[C@H](CCC(N)=O)NC(=O)[C@H](CC(C)C)NC(=O)[C@@H](N)CCC(N)=O)C(C)C)C(=O)O. The Bertz CT molecular complexity index is 1870. The number of nitrogens with one attached hydrogen (secondary N) is 8. The first-order chi connectivity index (χ1) is 32.9. The molecule has 19 N–H and O–H groups in total. The van der Waals surface area contributed by atoms with Crippen LogP contribution in [0.25, 0.3) is 0 Å². The highest BCUT2D eigenvalue weighted by Crippen LogP contribution is 2.12. The molecule has 0 spiro atoms. The summed E-state index contributed by atoms with van der Waals surface area (Å²) >= 11 is 0. The van der Waals surface area contributed by atoms with Gasteiger partial charge in [0.1, 0.15) is 48.3 Å². The number of amides is 10. The molecule has 0 saturated heterocycles. The summed E-state index contributed by atoms with van der Waals surface area (Å²) in [4.78, 5) is 147. The number of carboxylic acid groups (broad SMARTS) is 1. The number of nitrogens with zero attached hydrogens (tertiary/aromatic N) is 1. The van der Waals surface area contributed by atoms with Gasteiger partial charge >= 0.3 is 5.97 Å². The fourth-order valence-electron chi connectivity index (χ4n) is 6.81. The van der Waals surface area contributed by atoms with Crippen LogP contribution in [0.3, 0.4) is 0 Å². The lowest BCUT2D eigenvalue weighted by molar-refractivity contribution is -0.142. The van der Waals surface area contributed by atoms with Crippen LogP contribution in [-0.4, -0.2) is 137 Å². The summed E-state index contributed by atoms with van der Waals surface area (Å²) in [5.41, 5.74) is 27.3. The van der Waals surface area contributed by atoms with E-state index in [4.69, 9.17) is 28.7 Å². The number of nitrogens with two attached hydrogens (primary N) is 5. The first-order valence-corrected chi connectivity index (χ1v) is 23.9. The minimum Gasteiger partial charge on any atom is -0.480 e.